The predicted octanol–water partition coefficient (Wildman–Crippen LogP) is 2.71. The van der Waals surface area contributed by atoms with Crippen LogP contribution in [0.5, 0.6) is 0 Å². The highest BCUT2D eigenvalue weighted by Crippen LogP contribution is 2.18. The van der Waals surface area contributed by atoms with Crippen molar-refractivity contribution in [3.05, 3.63) is 29.8 Å². The SMILES string of the molecule is COCC(O)c1cccc(NC(=O)OC(C)(C)C)c1. The van der Waals surface area contributed by atoms with Crippen LogP contribution < -0.4 is 5.32 Å². The Bertz CT molecular complexity index is 426. The van der Waals surface area contributed by atoms with Gasteiger partial charge < -0.3 is 14.6 Å². The summed E-state index contributed by atoms with van der Waals surface area (Å²) in [4.78, 5) is 11.6. The lowest BCUT2D eigenvalue weighted by Crippen LogP contribution is -2.27. The van der Waals surface area contributed by atoms with Crippen molar-refractivity contribution in [3.63, 3.8) is 0 Å². The number of hydrogen-bond acceptors (Lipinski definition) is 4. The third-order valence-electron chi connectivity index (χ3n) is 2.24. The Morgan fingerprint density at radius 2 is 2.11 bits per heavy atom. The van der Waals surface area contributed by atoms with E-state index in [1.54, 1.807) is 45.0 Å². The molecule has 0 aromatic heterocycles. The average molecular weight is 267 g/mol. The number of rotatable bonds is 4. The van der Waals surface area contributed by atoms with Gasteiger partial charge in [0.2, 0.25) is 0 Å². The quantitative estimate of drug-likeness (QED) is 0.880. The second-order valence-corrected chi connectivity index (χ2v) is 5.22. The van der Waals surface area contributed by atoms with Crippen LogP contribution in [0.1, 0.15) is 32.4 Å². The number of methoxy groups -OCH3 is 1. The molecule has 106 valence electrons. The Kier molecular flexibility index (Phi) is 5.32. The van der Waals surface area contributed by atoms with E-state index in [2.05, 4.69) is 5.32 Å². The molecule has 5 heteroatoms. The fourth-order valence-electron chi connectivity index (χ4n) is 1.50. The first kappa shape index (κ1) is 15.5. The predicted molar refractivity (Wildman–Crippen MR) is 73.1 cm³/mol. The molecule has 0 aliphatic heterocycles. The van der Waals surface area contributed by atoms with Crippen LogP contribution in [0.4, 0.5) is 10.5 Å². The van der Waals surface area contributed by atoms with Gasteiger partial charge in [-0.15, -0.1) is 0 Å². The van der Waals surface area contributed by atoms with Gasteiger partial charge in [-0.3, -0.25) is 5.32 Å². The molecule has 0 bridgehead atoms. The van der Waals surface area contributed by atoms with Gasteiger partial charge in [0, 0.05) is 12.8 Å². The topological polar surface area (TPSA) is 67.8 Å². The number of carbonyl (C=O) groups excluding carboxylic acids is 1. The zero-order valence-corrected chi connectivity index (χ0v) is 11.8. The molecule has 1 aromatic rings. The standard InChI is InChI=1S/C14H21NO4/c1-14(2,3)19-13(17)15-11-7-5-6-10(8-11)12(16)9-18-4/h5-8,12,16H,9H2,1-4H3,(H,15,17). The molecule has 0 fully saturated rings. The van der Waals surface area contributed by atoms with E-state index in [0.717, 1.165) is 0 Å². The number of benzene rings is 1. The van der Waals surface area contributed by atoms with Crippen molar-refractivity contribution >= 4 is 11.8 Å². The lowest BCUT2D eigenvalue weighted by Gasteiger charge is -2.20. The van der Waals surface area contributed by atoms with Crippen molar-refractivity contribution < 1.29 is 19.4 Å². The lowest BCUT2D eigenvalue weighted by atomic mass is 10.1. The molecule has 0 aliphatic rings. The molecule has 1 unspecified atom stereocenters. The summed E-state index contributed by atoms with van der Waals surface area (Å²) in [5.74, 6) is 0. The minimum absolute atomic E-state index is 0.204. The molecule has 1 amide bonds. The molecular weight excluding hydrogens is 246 g/mol. The molecule has 0 radical (unpaired) electrons. The van der Waals surface area contributed by atoms with Crippen LogP contribution in [0.2, 0.25) is 0 Å². The highest BCUT2D eigenvalue weighted by Gasteiger charge is 2.16. The third kappa shape index (κ3) is 5.72. The number of hydrogen-bond donors (Lipinski definition) is 2. The van der Waals surface area contributed by atoms with Crippen LogP contribution in [-0.4, -0.2) is 30.5 Å². The number of aliphatic hydroxyl groups is 1. The largest absolute Gasteiger partial charge is 0.444 e. The van der Waals surface area contributed by atoms with Gasteiger partial charge in [-0.1, -0.05) is 12.1 Å². The molecule has 0 heterocycles. The van der Waals surface area contributed by atoms with E-state index in [-0.39, 0.29) is 6.61 Å². The van der Waals surface area contributed by atoms with Crippen LogP contribution in [0.25, 0.3) is 0 Å². The summed E-state index contributed by atoms with van der Waals surface area (Å²) in [7, 11) is 1.52. The highest BCUT2D eigenvalue weighted by atomic mass is 16.6. The lowest BCUT2D eigenvalue weighted by molar-refractivity contribution is 0.0630. The summed E-state index contributed by atoms with van der Waals surface area (Å²) in [6, 6.07) is 6.94. The van der Waals surface area contributed by atoms with Crippen molar-refractivity contribution in [1.82, 2.24) is 0 Å². The van der Waals surface area contributed by atoms with Crippen molar-refractivity contribution in [1.29, 1.82) is 0 Å². The van der Waals surface area contributed by atoms with E-state index in [4.69, 9.17) is 9.47 Å². The number of aliphatic hydroxyl groups excluding tert-OH is 1. The molecule has 5 nitrogen and oxygen atoms in total. The van der Waals surface area contributed by atoms with Crippen LogP contribution in [-0.2, 0) is 9.47 Å². The summed E-state index contributed by atoms with van der Waals surface area (Å²) in [5, 5.41) is 12.4. The van der Waals surface area contributed by atoms with Crippen LogP contribution in [0.15, 0.2) is 24.3 Å². The van der Waals surface area contributed by atoms with Gasteiger partial charge in [-0.05, 0) is 38.5 Å². The number of amides is 1. The van der Waals surface area contributed by atoms with Crippen LogP contribution >= 0.6 is 0 Å². The van der Waals surface area contributed by atoms with Gasteiger partial charge >= 0.3 is 6.09 Å². The zero-order chi connectivity index (χ0) is 14.5. The maximum absolute atomic E-state index is 11.6. The maximum Gasteiger partial charge on any atom is 0.412 e. The Hall–Kier alpha value is -1.59. The Balaban J connectivity index is 2.69. The van der Waals surface area contributed by atoms with Crippen molar-refractivity contribution in [3.8, 4) is 0 Å². The van der Waals surface area contributed by atoms with E-state index in [9.17, 15) is 9.90 Å². The minimum Gasteiger partial charge on any atom is -0.444 e. The summed E-state index contributed by atoms with van der Waals surface area (Å²) in [6.45, 7) is 5.60. The Labute approximate surface area is 113 Å². The summed E-state index contributed by atoms with van der Waals surface area (Å²) < 4.78 is 10.0. The second kappa shape index (κ2) is 6.54. The van der Waals surface area contributed by atoms with Crippen molar-refractivity contribution in [2.24, 2.45) is 0 Å². The van der Waals surface area contributed by atoms with Gasteiger partial charge in [-0.25, -0.2) is 4.79 Å². The molecule has 0 saturated carbocycles. The van der Waals surface area contributed by atoms with Gasteiger partial charge in [-0.2, -0.15) is 0 Å². The van der Waals surface area contributed by atoms with Crippen LogP contribution in [0.3, 0.4) is 0 Å². The summed E-state index contributed by atoms with van der Waals surface area (Å²) in [6.07, 6.45) is -1.24. The number of carbonyl (C=O) groups is 1. The van der Waals surface area contributed by atoms with E-state index in [1.807, 2.05) is 0 Å². The van der Waals surface area contributed by atoms with E-state index in [1.165, 1.54) is 7.11 Å². The minimum atomic E-state index is -0.717. The van der Waals surface area contributed by atoms with Crippen molar-refractivity contribution in [2.45, 2.75) is 32.5 Å². The smallest absolute Gasteiger partial charge is 0.412 e. The number of ether oxygens (including phenoxy) is 2. The van der Waals surface area contributed by atoms with Gasteiger partial charge in [0.25, 0.3) is 0 Å². The fourth-order valence-corrected chi connectivity index (χ4v) is 1.50. The Morgan fingerprint density at radius 1 is 1.42 bits per heavy atom. The Morgan fingerprint density at radius 3 is 2.68 bits per heavy atom. The maximum atomic E-state index is 11.6. The number of anilines is 1. The second-order valence-electron chi connectivity index (χ2n) is 5.22. The molecule has 19 heavy (non-hydrogen) atoms. The molecule has 1 rings (SSSR count). The zero-order valence-electron chi connectivity index (χ0n) is 11.8. The highest BCUT2D eigenvalue weighted by molar-refractivity contribution is 5.84. The molecule has 2 N–H and O–H groups in total. The van der Waals surface area contributed by atoms with Gasteiger partial charge in [0.15, 0.2) is 0 Å². The average Bonchev–Trinajstić information content (AvgIpc) is 2.27. The van der Waals surface area contributed by atoms with Gasteiger partial charge in [0.05, 0.1) is 6.61 Å². The van der Waals surface area contributed by atoms with E-state index in [0.29, 0.717) is 11.3 Å². The normalized spacial score (nSPS) is 12.9. The molecule has 0 saturated heterocycles. The van der Waals surface area contributed by atoms with Crippen LogP contribution in [0, 0.1) is 0 Å². The summed E-state index contributed by atoms with van der Waals surface area (Å²) in [5.41, 5.74) is 0.703. The summed E-state index contributed by atoms with van der Waals surface area (Å²) >= 11 is 0. The molecular formula is C14H21NO4. The first-order chi connectivity index (χ1) is 8.81. The monoisotopic (exact) mass is 267 g/mol. The molecule has 0 spiro atoms. The van der Waals surface area contributed by atoms with Crippen molar-refractivity contribution in [2.75, 3.05) is 19.0 Å². The van der Waals surface area contributed by atoms with E-state index >= 15 is 0 Å². The third-order valence-corrected chi connectivity index (χ3v) is 2.24. The first-order valence-corrected chi connectivity index (χ1v) is 6.09. The molecule has 1 aromatic carbocycles. The van der Waals surface area contributed by atoms with E-state index < -0.39 is 17.8 Å². The molecule has 1 atom stereocenters. The fraction of sp³-hybridized carbons (Fsp3) is 0.500. The molecule has 0 aliphatic carbocycles. The first-order valence-electron chi connectivity index (χ1n) is 6.09. The van der Waals surface area contributed by atoms with Gasteiger partial charge in [0.1, 0.15) is 11.7 Å². The number of nitrogens with one attached hydrogen (secondary N) is 1.